The van der Waals surface area contributed by atoms with Crippen LogP contribution >= 0.6 is 23.2 Å². The molecule has 2 N–H and O–H groups in total. The van der Waals surface area contributed by atoms with Crippen LogP contribution in [0.15, 0.2) is 35.7 Å². The molecule has 1 aliphatic heterocycles. The summed E-state index contributed by atoms with van der Waals surface area (Å²) in [7, 11) is 0. The summed E-state index contributed by atoms with van der Waals surface area (Å²) in [6, 6.07) is 4.68. The second-order valence-electron chi connectivity index (χ2n) is 3.19. The zero-order valence-electron chi connectivity index (χ0n) is 8.58. The van der Waals surface area contributed by atoms with E-state index in [0.717, 1.165) is 5.01 Å². The Balaban J connectivity index is 2.26. The van der Waals surface area contributed by atoms with Crippen LogP contribution in [0.3, 0.4) is 0 Å². The topological polar surface area (TPSA) is 56.7 Å². The standard InChI is InChI=1S/C10H8Cl2N4O/c1-6-14-15-10(17)16(6)13-5-7-8(11)3-2-4-9(7)12/h2-5,14H,1H2,(H,15,17)/b13-5+. The number of hydrazine groups is 1. The number of hydrogen-bond donors (Lipinski definition) is 2. The number of halogens is 2. The number of nitrogens with one attached hydrogen (secondary N) is 2. The first-order chi connectivity index (χ1) is 8.09. The normalized spacial score (nSPS) is 15.3. The summed E-state index contributed by atoms with van der Waals surface area (Å²) in [5.74, 6) is 0.328. The van der Waals surface area contributed by atoms with Crippen LogP contribution in [-0.4, -0.2) is 17.3 Å². The third-order valence-electron chi connectivity index (χ3n) is 2.06. The molecular weight excluding hydrogens is 263 g/mol. The minimum Gasteiger partial charge on any atom is -0.281 e. The first kappa shape index (κ1) is 11.8. The zero-order chi connectivity index (χ0) is 12.4. The molecule has 1 saturated heterocycles. The van der Waals surface area contributed by atoms with Crippen LogP contribution in [0.1, 0.15) is 5.56 Å². The van der Waals surface area contributed by atoms with E-state index in [4.69, 9.17) is 23.2 Å². The highest BCUT2D eigenvalue weighted by atomic mass is 35.5. The van der Waals surface area contributed by atoms with E-state index in [-0.39, 0.29) is 0 Å². The second-order valence-corrected chi connectivity index (χ2v) is 4.01. The highest BCUT2D eigenvalue weighted by Gasteiger charge is 2.22. The summed E-state index contributed by atoms with van der Waals surface area (Å²) < 4.78 is 0. The van der Waals surface area contributed by atoms with E-state index in [1.165, 1.54) is 6.21 Å². The average Bonchev–Trinajstić information content (AvgIpc) is 2.59. The summed E-state index contributed by atoms with van der Waals surface area (Å²) in [5, 5.41) is 5.93. The molecule has 0 unspecified atom stereocenters. The van der Waals surface area contributed by atoms with Crippen LogP contribution in [0, 0.1) is 0 Å². The third-order valence-corrected chi connectivity index (χ3v) is 2.72. The molecular formula is C10H8Cl2N4O. The number of benzene rings is 1. The van der Waals surface area contributed by atoms with Gasteiger partial charge >= 0.3 is 6.03 Å². The van der Waals surface area contributed by atoms with Crippen molar-refractivity contribution in [1.82, 2.24) is 15.9 Å². The summed E-state index contributed by atoms with van der Waals surface area (Å²) in [6.45, 7) is 3.59. The number of hydrazone groups is 1. The predicted octanol–water partition coefficient (Wildman–Crippen LogP) is 2.33. The molecule has 0 saturated carbocycles. The fourth-order valence-corrected chi connectivity index (χ4v) is 1.72. The Morgan fingerprint density at radius 2 is 1.94 bits per heavy atom. The molecule has 5 nitrogen and oxygen atoms in total. The first-order valence-corrected chi connectivity index (χ1v) is 5.38. The number of urea groups is 1. The lowest BCUT2D eigenvalue weighted by Crippen LogP contribution is -2.26. The Bertz CT molecular complexity index is 479. The Labute approximate surface area is 108 Å². The number of amides is 2. The number of nitrogens with zero attached hydrogens (tertiary/aromatic N) is 2. The van der Waals surface area contributed by atoms with Crippen molar-refractivity contribution >= 4 is 35.4 Å². The molecule has 17 heavy (non-hydrogen) atoms. The maximum atomic E-state index is 11.3. The molecule has 2 rings (SSSR count). The van der Waals surface area contributed by atoms with Crippen LogP contribution in [0.4, 0.5) is 4.79 Å². The van der Waals surface area contributed by atoms with Gasteiger partial charge in [-0.05, 0) is 12.1 Å². The van der Waals surface area contributed by atoms with E-state index in [9.17, 15) is 4.79 Å². The van der Waals surface area contributed by atoms with Gasteiger partial charge in [-0.3, -0.25) is 5.43 Å². The van der Waals surface area contributed by atoms with Crippen LogP contribution in [0.5, 0.6) is 0 Å². The van der Waals surface area contributed by atoms with Crippen molar-refractivity contribution in [3.05, 3.63) is 46.2 Å². The van der Waals surface area contributed by atoms with Gasteiger partial charge in [0, 0.05) is 5.56 Å². The molecule has 0 spiro atoms. The number of rotatable bonds is 2. The van der Waals surface area contributed by atoms with Gasteiger partial charge in [-0.15, -0.1) is 0 Å². The largest absolute Gasteiger partial charge is 0.362 e. The molecule has 0 aromatic heterocycles. The van der Waals surface area contributed by atoms with Gasteiger partial charge < -0.3 is 0 Å². The number of carbonyl (C=O) groups excluding carboxylic acids is 1. The maximum absolute atomic E-state index is 11.3. The molecule has 1 heterocycles. The average molecular weight is 271 g/mol. The molecule has 88 valence electrons. The highest BCUT2D eigenvalue weighted by Crippen LogP contribution is 2.22. The molecule has 1 aliphatic rings. The molecule has 2 amide bonds. The quantitative estimate of drug-likeness (QED) is 0.811. The summed E-state index contributed by atoms with van der Waals surface area (Å²) in [5.41, 5.74) is 5.42. The SMILES string of the molecule is C=C1NNC(=O)N1/N=C/c1c(Cl)cccc1Cl. The van der Waals surface area contributed by atoms with Crippen molar-refractivity contribution in [2.24, 2.45) is 5.10 Å². The van der Waals surface area contributed by atoms with E-state index in [0.29, 0.717) is 21.4 Å². The molecule has 0 aliphatic carbocycles. The zero-order valence-corrected chi connectivity index (χ0v) is 10.1. The Kier molecular flexibility index (Phi) is 3.21. The van der Waals surface area contributed by atoms with E-state index < -0.39 is 6.03 Å². The van der Waals surface area contributed by atoms with Gasteiger partial charge in [0.05, 0.1) is 16.3 Å². The van der Waals surface area contributed by atoms with Crippen molar-refractivity contribution in [1.29, 1.82) is 0 Å². The minimum absolute atomic E-state index is 0.328. The lowest BCUT2D eigenvalue weighted by atomic mass is 10.2. The monoisotopic (exact) mass is 270 g/mol. The van der Waals surface area contributed by atoms with Gasteiger partial charge in [0.1, 0.15) is 5.82 Å². The van der Waals surface area contributed by atoms with Gasteiger partial charge in [-0.25, -0.2) is 10.2 Å². The smallest absolute Gasteiger partial charge is 0.281 e. The van der Waals surface area contributed by atoms with E-state index in [1.807, 2.05) is 0 Å². The van der Waals surface area contributed by atoms with Crippen LogP contribution in [0.2, 0.25) is 10.0 Å². The van der Waals surface area contributed by atoms with Crippen molar-refractivity contribution in [2.75, 3.05) is 0 Å². The molecule has 0 bridgehead atoms. The molecule has 1 fully saturated rings. The van der Waals surface area contributed by atoms with Crippen molar-refractivity contribution in [3.8, 4) is 0 Å². The van der Waals surface area contributed by atoms with E-state index in [2.05, 4.69) is 22.5 Å². The van der Waals surface area contributed by atoms with Gasteiger partial charge in [0.25, 0.3) is 0 Å². The molecule has 1 aromatic rings. The Hall–Kier alpha value is -1.72. The van der Waals surface area contributed by atoms with Gasteiger partial charge in [-0.2, -0.15) is 10.1 Å². The van der Waals surface area contributed by atoms with Crippen LogP contribution < -0.4 is 10.9 Å². The minimum atomic E-state index is -0.422. The fraction of sp³-hybridized carbons (Fsp3) is 0. The molecule has 1 aromatic carbocycles. The molecule has 7 heteroatoms. The molecule has 0 radical (unpaired) electrons. The predicted molar refractivity (Wildman–Crippen MR) is 66.7 cm³/mol. The van der Waals surface area contributed by atoms with Crippen molar-refractivity contribution < 1.29 is 4.79 Å². The fourth-order valence-electron chi connectivity index (χ4n) is 1.23. The summed E-state index contributed by atoms with van der Waals surface area (Å²) >= 11 is 11.9. The van der Waals surface area contributed by atoms with Crippen LogP contribution in [0.25, 0.3) is 0 Å². The van der Waals surface area contributed by atoms with Gasteiger partial charge in [-0.1, -0.05) is 35.8 Å². The van der Waals surface area contributed by atoms with Crippen molar-refractivity contribution in [2.45, 2.75) is 0 Å². The Morgan fingerprint density at radius 1 is 1.29 bits per heavy atom. The number of carbonyl (C=O) groups is 1. The van der Waals surface area contributed by atoms with Crippen molar-refractivity contribution in [3.63, 3.8) is 0 Å². The van der Waals surface area contributed by atoms with E-state index >= 15 is 0 Å². The maximum Gasteiger partial charge on any atom is 0.362 e. The third kappa shape index (κ3) is 2.35. The lowest BCUT2D eigenvalue weighted by Gasteiger charge is -2.06. The highest BCUT2D eigenvalue weighted by molar-refractivity contribution is 6.38. The summed E-state index contributed by atoms with van der Waals surface area (Å²) in [6.07, 6.45) is 1.41. The summed E-state index contributed by atoms with van der Waals surface area (Å²) in [4.78, 5) is 11.3. The van der Waals surface area contributed by atoms with Gasteiger partial charge in [0.15, 0.2) is 0 Å². The van der Waals surface area contributed by atoms with Crippen LogP contribution in [-0.2, 0) is 0 Å². The first-order valence-electron chi connectivity index (χ1n) is 4.62. The van der Waals surface area contributed by atoms with E-state index in [1.54, 1.807) is 18.2 Å². The Morgan fingerprint density at radius 3 is 2.47 bits per heavy atom. The molecule has 0 atom stereocenters. The lowest BCUT2D eigenvalue weighted by molar-refractivity contribution is 0.225. The second kappa shape index (κ2) is 4.65. The number of hydrogen-bond acceptors (Lipinski definition) is 3. The van der Waals surface area contributed by atoms with Gasteiger partial charge in [0.2, 0.25) is 0 Å².